The Labute approximate surface area is 159 Å². The second-order valence-electron chi connectivity index (χ2n) is 6.94. The van der Waals surface area contributed by atoms with Gasteiger partial charge < -0.3 is 9.80 Å². The predicted octanol–water partition coefficient (Wildman–Crippen LogP) is 1.69. The Morgan fingerprint density at radius 3 is 2.74 bits per heavy atom. The second-order valence-corrected chi connectivity index (χ2v) is 9.17. The maximum atomic E-state index is 12.8. The molecule has 8 heteroatoms. The number of carbonyl (C=O) groups excluding carboxylic acids is 1. The fourth-order valence-corrected chi connectivity index (χ4v) is 5.63. The highest BCUT2D eigenvalue weighted by atomic mass is 32.2. The standard InChI is InChI=1S/C19H22N4O3S/c1-2-22(15-8-10-27(25,26)13-15)18-12-20-16(11-21-18)19(24)23-9-7-14-5-3-4-6-17(14)23/h3-6,11-12,15H,2,7-10,13H2,1H3. The molecule has 0 aliphatic carbocycles. The van der Waals surface area contributed by atoms with E-state index in [-0.39, 0.29) is 23.5 Å². The zero-order valence-electron chi connectivity index (χ0n) is 15.2. The van der Waals surface area contributed by atoms with Gasteiger partial charge in [-0.05, 0) is 31.4 Å². The average Bonchev–Trinajstić information content (AvgIpc) is 3.25. The molecule has 0 radical (unpaired) electrons. The number of hydrogen-bond acceptors (Lipinski definition) is 6. The zero-order valence-corrected chi connectivity index (χ0v) is 16.0. The molecule has 1 unspecified atom stereocenters. The third kappa shape index (κ3) is 3.41. The third-order valence-corrected chi connectivity index (χ3v) is 7.02. The lowest BCUT2D eigenvalue weighted by atomic mass is 10.2. The molecule has 1 fully saturated rings. The lowest BCUT2D eigenvalue weighted by Crippen LogP contribution is -2.37. The van der Waals surface area contributed by atoms with E-state index < -0.39 is 9.84 Å². The minimum Gasteiger partial charge on any atom is -0.352 e. The third-order valence-electron chi connectivity index (χ3n) is 5.27. The average molecular weight is 386 g/mol. The quantitative estimate of drug-likeness (QED) is 0.795. The van der Waals surface area contributed by atoms with Gasteiger partial charge in [-0.15, -0.1) is 0 Å². The smallest absolute Gasteiger partial charge is 0.278 e. The summed E-state index contributed by atoms with van der Waals surface area (Å²) in [6.45, 7) is 3.25. The summed E-state index contributed by atoms with van der Waals surface area (Å²) in [5.41, 5.74) is 2.39. The van der Waals surface area contributed by atoms with E-state index in [2.05, 4.69) is 9.97 Å². The maximum Gasteiger partial charge on any atom is 0.278 e. The summed E-state index contributed by atoms with van der Waals surface area (Å²) < 4.78 is 23.5. The van der Waals surface area contributed by atoms with Crippen molar-refractivity contribution in [3.63, 3.8) is 0 Å². The van der Waals surface area contributed by atoms with Crippen molar-refractivity contribution in [1.29, 1.82) is 0 Å². The number of hydrogen-bond donors (Lipinski definition) is 0. The van der Waals surface area contributed by atoms with Crippen molar-refractivity contribution in [2.24, 2.45) is 0 Å². The van der Waals surface area contributed by atoms with E-state index in [4.69, 9.17) is 0 Å². The molecule has 27 heavy (non-hydrogen) atoms. The summed E-state index contributed by atoms with van der Waals surface area (Å²) in [6.07, 6.45) is 4.50. The number of sulfone groups is 1. The number of amides is 1. The molecule has 142 valence electrons. The number of fused-ring (bicyclic) bond motifs is 1. The van der Waals surface area contributed by atoms with Gasteiger partial charge in [-0.2, -0.15) is 0 Å². The molecule has 2 aliphatic rings. The summed E-state index contributed by atoms with van der Waals surface area (Å²) in [5.74, 6) is 0.809. The number of para-hydroxylation sites is 1. The zero-order chi connectivity index (χ0) is 19.0. The molecule has 7 nitrogen and oxygen atoms in total. The first-order valence-electron chi connectivity index (χ1n) is 9.17. The van der Waals surface area contributed by atoms with E-state index in [9.17, 15) is 13.2 Å². The largest absolute Gasteiger partial charge is 0.352 e. The van der Waals surface area contributed by atoms with E-state index in [1.165, 1.54) is 6.20 Å². The number of anilines is 2. The van der Waals surface area contributed by atoms with Crippen molar-refractivity contribution in [2.45, 2.75) is 25.8 Å². The van der Waals surface area contributed by atoms with Crippen molar-refractivity contribution in [3.8, 4) is 0 Å². The fourth-order valence-electron chi connectivity index (χ4n) is 3.90. The molecule has 3 heterocycles. The van der Waals surface area contributed by atoms with Crippen LogP contribution in [0.3, 0.4) is 0 Å². The van der Waals surface area contributed by atoms with Crippen LogP contribution in [0.25, 0.3) is 0 Å². The summed E-state index contributed by atoms with van der Waals surface area (Å²) >= 11 is 0. The Hall–Kier alpha value is -2.48. The highest BCUT2D eigenvalue weighted by molar-refractivity contribution is 7.91. The minimum atomic E-state index is -2.97. The molecule has 0 saturated carbocycles. The molecule has 1 atom stereocenters. The molecule has 0 bridgehead atoms. The first kappa shape index (κ1) is 17.9. The van der Waals surface area contributed by atoms with E-state index in [1.54, 1.807) is 11.1 Å². The summed E-state index contributed by atoms with van der Waals surface area (Å²) in [5, 5.41) is 0. The van der Waals surface area contributed by atoms with Crippen LogP contribution < -0.4 is 9.80 Å². The minimum absolute atomic E-state index is 0.0821. The van der Waals surface area contributed by atoms with Crippen LogP contribution in [0, 0.1) is 0 Å². The molecule has 2 aromatic rings. The Balaban J connectivity index is 1.53. The predicted molar refractivity (Wildman–Crippen MR) is 104 cm³/mol. The SMILES string of the molecule is CCN(c1cnc(C(=O)N2CCc3ccccc32)cn1)C1CCS(=O)(=O)C1. The van der Waals surface area contributed by atoms with Crippen LogP contribution >= 0.6 is 0 Å². The van der Waals surface area contributed by atoms with Crippen LogP contribution in [0.2, 0.25) is 0 Å². The van der Waals surface area contributed by atoms with E-state index in [0.29, 0.717) is 31.0 Å². The lowest BCUT2D eigenvalue weighted by Gasteiger charge is -2.27. The number of aromatic nitrogens is 2. The maximum absolute atomic E-state index is 12.8. The summed E-state index contributed by atoms with van der Waals surface area (Å²) in [6, 6.07) is 7.80. The number of benzene rings is 1. The summed E-state index contributed by atoms with van der Waals surface area (Å²) in [4.78, 5) is 25.3. The fraction of sp³-hybridized carbons (Fsp3) is 0.421. The summed E-state index contributed by atoms with van der Waals surface area (Å²) in [7, 11) is -2.97. The van der Waals surface area contributed by atoms with Gasteiger partial charge in [0.15, 0.2) is 9.84 Å². The number of carbonyl (C=O) groups is 1. The van der Waals surface area contributed by atoms with Crippen molar-refractivity contribution in [2.75, 3.05) is 34.4 Å². The molecule has 1 amide bonds. The molecule has 0 spiro atoms. The van der Waals surface area contributed by atoms with Crippen LogP contribution in [0.15, 0.2) is 36.7 Å². The van der Waals surface area contributed by atoms with Crippen LogP contribution in [0.4, 0.5) is 11.5 Å². The number of rotatable bonds is 4. The number of nitrogens with zero attached hydrogens (tertiary/aromatic N) is 4. The molecular weight excluding hydrogens is 364 g/mol. The molecule has 1 aromatic carbocycles. The van der Waals surface area contributed by atoms with Crippen molar-refractivity contribution in [3.05, 3.63) is 47.9 Å². The van der Waals surface area contributed by atoms with Gasteiger partial charge in [0.05, 0.1) is 23.9 Å². The molecular formula is C19H22N4O3S. The highest BCUT2D eigenvalue weighted by Gasteiger charge is 2.33. The van der Waals surface area contributed by atoms with Crippen LogP contribution in [0.5, 0.6) is 0 Å². The van der Waals surface area contributed by atoms with Gasteiger partial charge in [-0.25, -0.2) is 18.4 Å². The molecule has 1 saturated heterocycles. The molecule has 0 N–H and O–H groups in total. The molecule has 1 aromatic heterocycles. The van der Waals surface area contributed by atoms with E-state index >= 15 is 0 Å². The van der Waals surface area contributed by atoms with Gasteiger partial charge in [-0.3, -0.25) is 4.79 Å². The first-order chi connectivity index (χ1) is 13.0. The molecule has 2 aliphatic heterocycles. The highest BCUT2D eigenvalue weighted by Crippen LogP contribution is 2.29. The second kappa shape index (κ2) is 6.92. The van der Waals surface area contributed by atoms with Crippen molar-refractivity contribution in [1.82, 2.24) is 9.97 Å². The van der Waals surface area contributed by atoms with Gasteiger partial charge in [0.25, 0.3) is 5.91 Å². The van der Waals surface area contributed by atoms with Crippen LogP contribution in [0.1, 0.15) is 29.4 Å². The van der Waals surface area contributed by atoms with Gasteiger partial charge in [0.1, 0.15) is 11.5 Å². The Bertz CT molecular complexity index is 959. The van der Waals surface area contributed by atoms with Crippen molar-refractivity contribution < 1.29 is 13.2 Å². The first-order valence-corrected chi connectivity index (χ1v) is 11.0. The Morgan fingerprint density at radius 2 is 2.07 bits per heavy atom. The van der Waals surface area contributed by atoms with Crippen LogP contribution in [-0.2, 0) is 16.3 Å². The van der Waals surface area contributed by atoms with Gasteiger partial charge in [-0.1, -0.05) is 18.2 Å². The topological polar surface area (TPSA) is 83.5 Å². The monoisotopic (exact) mass is 386 g/mol. The van der Waals surface area contributed by atoms with Gasteiger partial charge in [0.2, 0.25) is 0 Å². The molecule has 4 rings (SSSR count). The van der Waals surface area contributed by atoms with Gasteiger partial charge in [0, 0.05) is 24.8 Å². The van der Waals surface area contributed by atoms with E-state index in [0.717, 1.165) is 17.7 Å². The van der Waals surface area contributed by atoms with Crippen LogP contribution in [-0.4, -0.2) is 54.9 Å². The Kier molecular flexibility index (Phi) is 4.59. The van der Waals surface area contributed by atoms with E-state index in [1.807, 2.05) is 36.1 Å². The Morgan fingerprint density at radius 1 is 1.26 bits per heavy atom. The normalized spacial score (nSPS) is 20.5. The lowest BCUT2D eigenvalue weighted by molar-refractivity contribution is 0.0984. The van der Waals surface area contributed by atoms with Crippen molar-refractivity contribution >= 4 is 27.2 Å². The van der Waals surface area contributed by atoms with Gasteiger partial charge >= 0.3 is 0 Å².